The number of hydrogen-bond donors (Lipinski definition) is 0. The van der Waals surface area contributed by atoms with Gasteiger partial charge in [-0.05, 0) is 35.7 Å². The van der Waals surface area contributed by atoms with Crippen LogP contribution in [0.15, 0.2) is 10.7 Å². The summed E-state index contributed by atoms with van der Waals surface area (Å²) in [7, 11) is 0. The fourth-order valence-electron chi connectivity index (χ4n) is 1.50. The lowest BCUT2D eigenvalue weighted by Gasteiger charge is -2.13. The summed E-state index contributed by atoms with van der Waals surface area (Å²) in [6.07, 6.45) is 3.40. The molecule has 0 unspecified atom stereocenters. The van der Waals surface area contributed by atoms with Gasteiger partial charge in [-0.3, -0.25) is 4.84 Å². The molecule has 6 heteroatoms. The maximum absolute atomic E-state index is 11.6. The highest BCUT2D eigenvalue weighted by Crippen LogP contribution is 2.13. The number of nitrogens with zero attached hydrogens (tertiary/aromatic N) is 3. The second-order valence-corrected chi connectivity index (χ2v) is 4.37. The molecule has 1 fully saturated rings. The van der Waals surface area contributed by atoms with Gasteiger partial charge in [-0.2, -0.15) is 0 Å². The molecular weight excluding hydrogens is 262 g/mol. The standard InChI is InChI=1S/C9H12BrN3O2/c1-7-8(10)6-13(11-7)15-9(14)12-4-2-3-5-12/h6H,2-5H2,1H3. The summed E-state index contributed by atoms with van der Waals surface area (Å²) in [5.74, 6) is 0. The Bertz CT molecular complexity index is 352. The molecule has 1 aromatic rings. The Morgan fingerprint density at radius 2 is 2.20 bits per heavy atom. The minimum atomic E-state index is -0.331. The van der Waals surface area contributed by atoms with E-state index in [0.717, 1.165) is 36.1 Å². The molecule has 15 heavy (non-hydrogen) atoms. The van der Waals surface area contributed by atoms with E-state index in [-0.39, 0.29) is 6.09 Å². The molecule has 0 N–H and O–H groups in total. The molecule has 0 atom stereocenters. The van der Waals surface area contributed by atoms with Gasteiger partial charge in [0, 0.05) is 13.1 Å². The molecule has 1 aromatic heterocycles. The normalized spacial score (nSPS) is 15.7. The van der Waals surface area contributed by atoms with Gasteiger partial charge in [0.05, 0.1) is 16.4 Å². The Morgan fingerprint density at radius 1 is 1.53 bits per heavy atom. The molecule has 1 aliphatic rings. The first kappa shape index (κ1) is 10.5. The maximum atomic E-state index is 11.6. The van der Waals surface area contributed by atoms with Gasteiger partial charge >= 0.3 is 6.09 Å². The molecule has 82 valence electrons. The quantitative estimate of drug-likeness (QED) is 0.781. The molecule has 0 aromatic carbocycles. The van der Waals surface area contributed by atoms with E-state index in [1.54, 1.807) is 11.1 Å². The molecule has 2 heterocycles. The highest BCUT2D eigenvalue weighted by Gasteiger charge is 2.20. The average Bonchev–Trinajstić information content (AvgIpc) is 2.77. The third-order valence-electron chi connectivity index (χ3n) is 2.35. The summed E-state index contributed by atoms with van der Waals surface area (Å²) >= 11 is 3.30. The predicted octanol–water partition coefficient (Wildman–Crippen LogP) is 1.60. The van der Waals surface area contributed by atoms with Gasteiger partial charge in [-0.1, -0.05) is 4.85 Å². The Balaban J connectivity index is 1.99. The van der Waals surface area contributed by atoms with Crippen molar-refractivity contribution in [2.45, 2.75) is 19.8 Å². The summed E-state index contributed by atoms with van der Waals surface area (Å²) in [5, 5.41) is 4.02. The van der Waals surface area contributed by atoms with Crippen molar-refractivity contribution < 1.29 is 9.63 Å². The Hall–Kier alpha value is -1.04. The van der Waals surface area contributed by atoms with E-state index >= 15 is 0 Å². The number of carbonyl (C=O) groups excluding carboxylic acids is 1. The van der Waals surface area contributed by atoms with E-state index in [4.69, 9.17) is 4.84 Å². The van der Waals surface area contributed by atoms with Gasteiger partial charge in [0.15, 0.2) is 0 Å². The number of carbonyl (C=O) groups is 1. The summed E-state index contributed by atoms with van der Waals surface area (Å²) < 4.78 is 0.830. The Labute approximate surface area is 96.1 Å². The highest BCUT2D eigenvalue weighted by atomic mass is 79.9. The molecule has 0 radical (unpaired) electrons. The fourth-order valence-corrected chi connectivity index (χ4v) is 1.75. The minimum Gasteiger partial charge on any atom is -0.306 e. The number of amides is 1. The van der Waals surface area contributed by atoms with E-state index < -0.39 is 0 Å². The van der Waals surface area contributed by atoms with Crippen LogP contribution in [0.5, 0.6) is 0 Å². The van der Waals surface area contributed by atoms with Crippen LogP contribution in [0.25, 0.3) is 0 Å². The topological polar surface area (TPSA) is 47.4 Å². The van der Waals surface area contributed by atoms with Crippen molar-refractivity contribution in [3.63, 3.8) is 0 Å². The van der Waals surface area contributed by atoms with Crippen molar-refractivity contribution in [3.8, 4) is 0 Å². The van der Waals surface area contributed by atoms with Crippen LogP contribution in [-0.2, 0) is 0 Å². The average molecular weight is 274 g/mol. The molecular formula is C9H12BrN3O2. The van der Waals surface area contributed by atoms with Gasteiger partial charge < -0.3 is 4.90 Å². The largest absolute Gasteiger partial charge is 0.435 e. The first-order valence-corrected chi connectivity index (χ1v) is 5.65. The summed E-state index contributed by atoms with van der Waals surface area (Å²) in [4.78, 5) is 19.5. The lowest BCUT2D eigenvalue weighted by Crippen LogP contribution is -2.35. The number of hydrogen-bond acceptors (Lipinski definition) is 3. The SMILES string of the molecule is Cc1nn(OC(=O)N2CCCC2)cc1Br. The third-order valence-corrected chi connectivity index (χ3v) is 3.13. The minimum absolute atomic E-state index is 0.331. The van der Waals surface area contributed by atoms with Crippen molar-refractivity contribution in [1.82, 2.24) is 14.8 Å². The second kappa shape index (κ2) is 4.22. The number of rotatable bonds is 1. The van der Waals surface area contributed by atoms with Gasteiger partial charge in [0.2, 0.25) is 0 Å². The van der Waals surface area contributed by atoms with Crippen molar-refractivity contribution in [2.75, 3.05) is 13.1 Å². The molecule has 1 saturated heterocycles. The van der Waals surface area contributed by atoms with Crippen LogP contribution in [0.3, 0.4) is 0 Å². The Morgan fingerprint density at radius 3 is 2.73 bits per heavy atom. The summed E-state index contributed by atoms with van der Waals surface area (Å²) in [6.45, 7) is 3.39. The van der Waals surface area contributed by atoms with Gasteiger partial charge in [0.25, 0.3) is 0 Å². The zero-order chi connectivity index (χ0) is 10.8. The van der Waals surface area contributed by atoms with E-state index in [2.05, 4.69) is 21.0 Å². The maximum Gasteiger partial charge on any atom is 0.435 e. The first-order valence-electron chi connectivity index (χ1n) is 4.86. The van der Waals surface area contributed by atoms with E-state index in [1.807, 2.05) is 6.92 Å². The van der Waals surface area contributed by atoms with Gasteiger partial charge in [-0.15, -0.1) is 5.10 Å². The lowest BCUT2D eigenvalue weighted by molar-refractivity contribution is 0.0849. The second-order valence-electron chi connectivity index (χ2n) is 3.52. The van der Waals surface area contributed by atoms with Crippen molar-refractivity contribution in [1.29, 1.82) is 0 Å². The molecule has 0 bridgehead atoms. The fraction of sp³-hybridized carbons (Fsp3) is 0.556. The third kappa shape index (κ3) is 2.31. The van der Waals surface area contributed by atoms with Crippen molar-refractivity contribution in [2.24, 2.45) is 0 Å². The highest BCUT2D eigenvalue weighted by molar-refractivity contribution is 9.10. The molecule has 0 spiro atoms. The molecule has 0 saturated carbocycles. The zero-order valence-electron chi connectivity index (χ0n) is 8.44. The van der Waals surface area contributed by atoms with Crippen LogP contribution in [0.4, 0.5) is 4.79 Å². The van der Waals surface area contributed by atoms with E-state index in [0.29, 0.717) is 0 Å². The number of aromatic nitrogens is 2. The van der Waals surface area contributed by atoms with Gasteiger partial charge in [0.1, 0.15) is 0 Å². The first-order chi connectivity index (χ1) is 7.16. The number of likely N-dealkylation sites (tertiary alicyclic amines) is 1. The summed E-state index contributed by atoms with van der Waals surface area (Å²) in [6, 6.07) is 0. The molecule has 1 aliphatic heterocycles. The molecule has 0 aliphatic carbocycles. The van der Waals surface area contributed by atoms with Crippen LogP contribution in [-0.4, -0.2) is 34.0 Å². The van der Waals surface area contributed by atoms with E-state index in [1.165, 1.54) is 4.85 Å². The lowest BCUT2D eigenvalue weighted by atomic mass is 10.4. The molecule has 5 nitrogen and oxygen atoms in total. The summed E-state index contributed by atoms with van der Waals surface area (Å²) in [5.41, 5.74) is 0.796. The Kier molecular flexibility index (Phi) is 2.95. The number of aryl methyl sites for hydroxylation is 1. The van der Waals surface area contributed by atoms with Crippen molar-refractivity contribution in [3.05, 3.63) is 16.4 Å². The van der Waals surface area contributed by atoms with Crippen LogP contribution in [0.1, 0.15) is 18.5 Å². The van der Waals surface area contributed by atoms with Crippen molar-refractivity contribution >= 4 is 22.0 Å². The van der Waals surface area contributed by atoms with Gasteiger partial charge in [-0.25, -0.2) is 4.79 Å². The number of halogens is 1. The zero-order valence-corrected chi connectivity index (χ0v) is 10.0. The van der Waals surface area contributed by atoms with Crippen LogP contribution >= 0.6 is 15.9 Å². The van der Waals surface area contributed by atoms with Crippen LogP contribution in [0, 0.1) is 6.92 Å². The predicted molar refractivity (Wildman–Crippen MR) is 57.4 cm³/mol. The van der Waals surface area contributed by atoms with Crippen LogP contribution < -0.4 is 4.84 Å². The molecule has 1 amide bonds. The monoisotopic (exact) mass is 273 g/mol. The van der Waals surface area contributed by atoms with Crippen LogP contribution in [0.2, 0.25) is 0 Å². The smallest absolute Gasteiger partial charge is 0.306 e. The molecule has 2 rings (SSSR count). The van der Waals surface area contributed by atoms with E-state index in [9.17, 15) is 4.79 Å².